The van der Waals surface area contributed by atoms with Crippen LogP contribution >= 0.6 is 15.9 Å². The zero-order valence-electron chi connectivity index (χ0n) is 8.90. The summed E-state index contributed by atoms with van der Waals surface area (Å²) in [4.78, 5) is 0. The van der Waals surface area contributed by atoms with Gasteiger partial charge in [-0.15, -0.1) is 0 Å². The molecular formula is C9H18BrNO2S. The molecule has 0 amide bonds. The molecule has 2 atom stereocenters. The van der Waals surface area contributed by atoms with Crippen molar-refractivity contribution in [1.82, 2.24) is 4.31 Å². The minimum Gasteiger partial charge on any atom is -0.212 e. The molecule has 0 saturated carbocycles. The van der Waals surface area contributed by atoms with Crippen LogP contribution in [0.1, 0.15) is 27.2 Å². The van der Waals surface area contributed by atoms with Crippen molar-refractivity contribution in [2.75, 3.05) is 11.9 Å². The van der Waals surface area contributed by atoms with Crippen LogP contribution in [0.5, 0.6) is 0 Å². The first-order chi connectivity index (χ1) is 6.41. The highest BCUT2D eigenvalue weighted by atomic mass is 79.9. The Kier molecular flexibility index (Phi) is 4.00. The Hall–Kier alpha value is 0.390. The number of sulfonamides is 1. The molecule has 14 heavy (non-hydrogen) atoms. The lowest BCUT2D eigenvalue weighted by Crippen LogP contribution is -2.42. The number of alkyl halides is 1. The third kappa shape index (κ3) is 2.14. The molecule has 0 N–H and O–H groups in total. The lowest BCUT2D eigenvalue weighted by Gasteiger charge is -2.26. The molecule has 0 aromatic carbocycles. The summed E-state index contributed by atoms with van der Waals surface area (Å²) in [7, 11) is -3.07. The van der Waals surface area contributed by atoms with Gasteiger partial charge in [-0.1, -0.05) is 22.9 Å². The van der Waals surface area contributed by atoms with Crippen molar-refractivity contribution < 1.29 is 8.42 Å². The van der Waals surface area contributed by atoms with Crippen molar-refractivity contribution in [3.8, 4) is 0 Å². The van der Waals surface area contributed by atoms with E-state index in [2.05, 4.69) is 22.9 Å². The fourth-order valence-corrected chi connectivity index (χ4v) is 4.53. The van der Waals surface area contributed by atoms with Gasteiger partial charge in [0.2, 0.25) is 10.0 Å². The summed E-state index contributed by atoms with van der Waals surface area (Å²) in [6, 6.07) is 0.141. The van der Waals surface area contributed by atoms with Crippen LogP contribution in [0.3, 0.4) is 0 Å². The van der Waals surface area contributed by atoms with Gasteiger partial charge in [-0.3, -0.25) is 0 Å². The first kappa shape index (κ1) is 12.5. The van der Waals surface area contributed by atoms with Gasteiger partial charge in [0.25, 0.3) is 0 Å². The smallest absolute Gasteiger partial charge is 0.212 e. The normalized spacial score (nSPS) is 30.1. The molecule has 1 aliphatic rings. The molecule has 1 saturated heterocycles. The Balaban J connectivity index is 2.89. The Morgan fingerprint density at radius 1 is 1.50 bits per heavy atom. The van der Waals surface area contributed by atoms with Crippen molar-refractivity contribution in [2.45, 2.75) is 38.5 Å². The Labute approximate surface area is 95.0 Å². The molecule has 3 nitrogen and oxygen atoms in total. The average molecular weight is 284 g/mol. The van der Waals surface area contributed by atoms with Gasteiger partial charge in [0.1, 0.15) is 0 Å². The van der Waals surface area contributed by atoms with Crippen LogP contribution in [0.25, 0.3) is 0 Å². The third-order valence-electron chi connectivity index (χ3n) is 2.91. The summed E-state index contributed by atoms with van der Waals surface area (Å²) in [5.41, 5.74) is 0. The van der Waals surface area contributed by atoms with E-state index in [0.717, 1.165) is 11.8 Å². The lowest BCUT2D eigenvalue weighted by molar-refractivity contribution is 0.375. The summed E-state index contributed by atoms with van der Waals surface area (Å²) < 4.78 is 25.6. The predicted molar refractivity (Wildman–Crippen MR) is 62.1 cm³/mol. The second kappa shape index (κ2) is 4.49. The van der Waals surface area contributed by atoms with E-state index >= 15 is 0 Å². The summed E-state index contributed by atoms with van der Waals surface area (Å²) >= 11 is 3.39. The molecular weight excluding hydrogens is 266 g/mol. The maximum Gasteiger partial charge on any atom is 0.216 e. The van der Waals surface area contributed by atoms with Crippen LogP contribution in [0.2, 0.25) is 0 Å². The number of halogens is 1. The Morgan fingerprint density at radius 2 is 2.07 bits per heavy atom. The van der Waals surface area contributed by atoms with Crippen molar-refractivity contribution >= 4 is 26.0 Å². The molecule has 84 valence electrons. The van der Waals surface area contributed by atoms with E-state index in [4.69, 9.17) is 0 Å². The zero-order valence-corrected chi connectivity index (χ0v) is 11.3. The molecule has 1 heterocycles. The fourth-order valence-electron chi connectivity index (χ4n) is 1.79. The van der Waals surface area contributed by atoms with Crippen LogP contribution in [0.4, 0.5) is 0 Å². The van der Waals surface area contributed by atoms with Crippen LogP contribution in [0, 0.1) is 5.92 Å². The van der Waals surface area contributed by atoms with Crippen molar-refractivity contribution in [3.05, 3.63) is 0 Å². The number of hydrogen-bond acceptors (Lipinski definition) is 2. The van der Waals surface area contributed by atoms with Gasteiger partial charge < -0.3 is 0 Å². The molecule has 0 spiro atoms. The molecule has 0 aliphatic carbocycles. The van der Waals surface area contributed by atoms with Gasteiger partial charge >= 0.3 is 0 Å². The predicted octanol–water partition coefficient (Wildman–Crippen LogP) is 1.83. The minimum atomic E-state index is -3.07. The maximum atomic E-state index is 12.0. The fraction of sp³-hybridized carbons (Fsp3) is 1.00. The number of nitrogens with zero attached hydrogens (tertiary/aromatic N) is 1. The van der Waals surface area contributed by atoms with E-state index in [1.165, 1.54) is 0 Å². The van der Waals surface area contributed by atoms with Gasteiger partial charge in [0, 0.05) is 17.9 Å². The van der Waals surface area contributed by atoms with Crippen LogP contribution in [-0.4, -0.2) is 35.9 Å². The minimum absolute atomic E-state index is 0.141. The lowest BCUT2D eigenvalue weighted by atomic mass is 10.1. The summed E-state index contributed by atoms with van der Waals surface area (Å²) in [6.07, 6.45) is 0.974. The molecule has 2 unspecified atom stereocenters. The summed E-state index contributed by atoms with van der Waals surface area (Å²) in [5, 5.41) is 0.425. The Morgan fingerprint density at radius 3 is 2.50 bits per heavy atom. The highest BCUT2D eigenvalue weighted by Gasteiger charge is 2.39. The van der Waals surface area contributed by atoms with E-state index < -0.39 is 10.0 Å². The highest BCUT2D eigenvalue weighted by molar-refractivity contribution is 9.09. The van der Waals surface area contributed by atoms with Gasteiger partial charge in [-0.25, -0.2) is 8.42 Å². The molecule has 0 aromatic heterocycles. The quantitative estimate of drug-likeness (QED) is 0.741. The zero-order chi connectivity index (χ0) is 10.9. The first-order valence-electron chi connectivity index (χ1n) is 4.98. The topological polar surface area (TPSA) is 37.4 Å². The summed E-state index contributed by atoms with van der Waals surface area (Å²) in [5.74, 6) is 0.461. The van der Waals surface area contributed by atoms with Crippen LogP contribution < -0.4 is 0 Å². The van der Waals surface area contributed by atoms with Gasteiger partial charge in [0.15, 0.2) is 0 Å². The third-order valence-corrected chi connectivity index (χ3v) is 5.87. The van der Waals surface area contributed by atoms with Gasteiger partial charge in [0.05, 0.1) is 5.25 Å². The number of hydrogen-bond donors (Lipinski definition) is 0. The molecule has 1 aliphatic heterocycles. The number of rotatable bonds is 3. The second-order valence-corrected chi connectivity index (χ2v) is 7.28. The monoisotopic (exact) mass is 283 g/mol. The van der Waals surface area contributed by atoms with Gasteiger partial charge in [-0.05, 0) is 26.2 Å². The molecule has 1 fully saturated rings. The molecule has 0 aromatic rings. The first-order valence-corrected chi connectivity index (χ1v) is 7.60. The second-order valence-electron chi connectivity index (χ2n) is 4.19. The SMILES string of the molecule is CC1CCN(S(=O)(=O)C(C)C)C1CBr. The van der Waals surface area contributed by atoms with Crippen molar-refractivity contribution in [3.63, 3.8) is 0 Å². The molecule has 0 bridgehead atoms. The van der Waals surface area contributed by atoms with E-state index in [-0.39, 0.29) is 11.3 Å². The maximum absolute atomic E-state index is 12.0. The summed E-state index contributed by atoms with van der Waals surface area (Å²) in [6.45, 7) is 6.27. The van der Waals surface area contributed by atoms with Crippen LogP contribution in [0.15, 0.2) is 0 Å². The van der Waals surface area contributed by atoms with Crippen LogP contribution in [-0.2, 0) is 10.0 Å². The van der Waals surface area contributed by atoms with E-state index in [9.17, 15) is 8.42 Å². The molecule has 0 radical (unpaired) electrons. The molecule has 5 heteroatoms. The Bertz CT molecular complexity index is 289. The largest absolute Gasteiger partial charge is 0.216 e. The standard InChI is InChI=1S/C9H18BrNO2S/c1-7(2)14(12,13)11-5-4-8(3)9(11)6-10/h7-9H,4-6H2,1-3H3. The van der Waals surface area contributed by atoms with Crippen molar-refractivity contribution in [1.29, 1.82) is 0 Å². The van der Waals surface area contributed by atoms with E-state index in [0.29, 0.717) is 12.5 Å². The van der Waals surface area contributed by atoms with Gasteiger partial charge in [-0.2, -0.15) is 4.31 Å². The molecule has 1 rings (SSSR count). The average Bonchev–Trinajstić information content (AvgIpc) is 2.46. The van der Waals surface area contributed by atoms with E-state index in [1.54, 1.807) is 18.2 Å². The van der Waals surface area contributed by atoms with Crippen molar-refractivity contribution in [2.24, 2.45) is 5.92 Å². The highest BCUT2D eigenvalue weighted by Crippen LogP contribution is 2.29. The van der Waals surface area contributed by atoms with E-state index in [1.807, 2.05) is 0 Å².